The first-order valence-corrected chi connectivity index (χ1v) is 4.82. The first kappa shape index (κ1) is 8.96. The number of hydrogen-bond acceptors (Lipinski definition) is 5. The Morgan fingerprint density at radius 1 is 1.12 bits per heavy atom. The fourth-order valence-electron chi connectivity index (χ4n) is 1.65. The van der Waals surface area contributed by atoms with Crippen LogP contribution in [0.1, 0.15) is 0 Å². The van der Waals surface area contributed by atoms with E-state index >= 15 is 0 Å². The van der Waals surface area contributed by atoms with Gasteiger partial charge < -0.3 is 15.2 Å². The second-order valence-corrected chi connectivity index (χ2v) is 3.40. The third-order valence-corrected chi connectivity index (χ3v) is 2.43. The first-order chi connectivity index (χ1) is 7.84. The Bertz CT molecular complexity index is 543. The molecule has 2 heterocycles. The van der Waals surface area contributed by atoms with Crippen LogP contribution in [0.15, 0.2) is 30.5 Å². The molecule has 2 N–H and O–H groups in total. The van der Waals surface area contributed by atoms with Crippen LogP contribution < -0.4 is 15.2 Å². The lowest BCUT2D eigenvalue weighted by Crippen LogP contribution is -1.95. The van der Waals surface area contributed by atoms with Gasteiger partial charge in [0.05, 0.1) is 6.20 Å². The zero-order valence-electron chi connectivity index (χ0n) is 8.38. The zero-order chi connectivity index (χ0) is 11.0. The molecular formula is C11H9N3O2. The number of nitrogens with two attached hydrogens (primary N) is 1. The number of anilines is 1. The summed E-state index contributed by atoms with van der Waals surface area (Å²) in [6, 6.07) is 7.48. The molecule has 0 bridgehead atoms. The molecule has 0 amide bonds. The van der Waals surface area contributed by atoms with Crippen molar-refractivity contribution in [3.8, 4) is 22.6 Å². The Morgan fingerprint density at radius 3 is 2.88 bits per heavy atom. The van der Waals surface area contributed by atoms with E-state index < -0.39 is 0 Å². The van der Waals surface area contributed by atoms with E-state index in [0.29, 0.717) is 5.82 Å². The summed E-state index contributed by atoms with van der Waals surface area (Å²) < 4.78 is 10.5. The van der Waals surface area contributed by atoms with Crippen molar-refractivity contribution in [3.63, 3.8) is 0 Å². The minimum atomic E-state index is 0.267. The van der Waals surface area contributed by atoms with E-state index in [-0.39, 0.29) is 6.79 Å². The molecule has 0 fully saturated rings. The zero-order valence-corrected chi connectivity index (χ0v) is 8.38. The van der Waals surface area contributed by atoms with Crippen LogP contribution in [0.4, 0.5) is 5.82 Å². The topological polar surface area (TPSA) is 70.3 Å². The molecule has 5 nitrogen and oxygen atoms in total. The summed E-state index contributed by atoms with van der Waals surface area (Å²) >= 11 is 0. The molecule has 3 rings (SSSR count). The summed E-state index contributed by atoms with van der Waals surface area (Å²) in [5.74, 6) is 1.89. The normalized spacial score (nSPS) is 12.8. The SMILES string of the molecule is Nc1nnccc1-c1ccc2c(c1)OCO2. The average Bonchev–Trinajstić information content (AvgIpc) is 2.76. The maximum absolute atomic E-state index is 5.75. The monoisotopic (exact) mass is 215 g/mol. The Hall–Kier alpha value is -2.30. The molecule has 0 unspecified atom stereocenters. The second kappa shape index (κ2) is 3.37. The smallest absolute Gasteiger partial charge is 0.231 e. The number of aromatic nitrogens is 2. The Labute approximate surface area is 91.8 Å². The third-order valence-electron chi connectivity index (χ3n) is 2.43. The molecule has 1 aromatic heterocycles. The average molecular weight is 215 g/mol. The number of rotatable bonds is 1. The van der Waals surface area contributed by atoms with Crippen LogP contribution >= 0.6 is 0 Å². The number of fused-ring (bicyclic) bond motifs is 1. The minimum absolute atomic E-state index is 0.267. The molecule has 1 aliphatic heterocycles. The van der Waals surface area contributed by atoms with Crippen molar-refractivity contribution < 1.29 is 9.47 Å². The fraction of sp³-hybridized carbons (Fsp3) is 0.0909. The van der Waals surface area contributed by atoms with Gasteiger partial charge in [-0.3, -0.25) is 0 Å². The minimum Gasteiger partial charge on any atom is -0.454 e. The number of nitrogens with zero attached hydrogens (tertiary/aromatic N) is 2. The third kappa shape index (κ3) is 1.33. The number of ether oxygens (including phenoxy) is 2. The molecule has 1 aromatic carbocycles. The van der Waals surface area contributed by atoms with Crippen molar-refractivity contribution in [2.45, 2.75) is 0 Å². The Balaban J connectivity index is 2.11. The van der Waals surface area contributed by atoms with Gasteiger partial charge in [0.1, 0.15) is 0 Å². The maximum Gasteiger partial charge on any atom is 0.231 e. The quantitative estimate of drug-likeness (QED) is 0.779. The van der Waals surface area contributed by atoms with Crippen LogP contribution in [0.5, 0.6) is 11.5 Å². The van der Waals surface area contributed by atoms with Crippen LogP contribution in [-0.2, 0) is 0 Å². The largest absolute Gasteiger partial charge is 0.454 e. The number of hydrogen-bond donors (Lipinski definition) is 1. The predicted molar refractivity (Wildman–Crippen MR) is 58.0 cm³/mol. The molecule has 16 heavy (non-hydrogen) atoms. The van der Waals surface area contributed by atoms with Gasteiger partial charge in [0.15, 0.2) is 17.3 Å². The molecule has 1 aliphatic rings. The number of benzene rings is 1. The molecule has 0 spiro atoms. The molecular weight excluding hydrogens is 206 g/mol. The summed E-state index contributed by atoms with van der Waals surface area (Å²) in [6.45, 7) is 0.267. The van der Waals surface area contributed by atoms with Gasteiger partial charge in [0, 0.05) is 5.56 Å². The summed E-state index contributed by atoms with van der Waals surface area (Å²) in [5, 5.41) is 7.52. The van der Waals surface area contributed by atoms with Crippen LogP contribution in [0.3, 0.4) is 0 Å². The van der Waals surface area contributed by atoms with Crippen molar-refractivity contribution in [2.75, 3.05) is 12.5 Å². The maximum atomic E-state index is 5.75. The van der Waals surface area contributed by atoms with E-state index in [9.17, 15) is 0 Å². The molecule has 0 atom stereocenters. The van der Waals surface area contributed by atoms with E-state index in [0.717, 1.165) is 22.6 Å². The highest BCUT2D eigenvalue weighted by Crippen LogP contribution is 2.36. The van der Waals surface area contributed by atoms with Crippen molar-refractivity contribution in [2.24, 2.45) is 0 Å². The first-order valence-electron chi connectivity index (χ1n) is 4.82. The Kier molecular flexibility index (Phi) is 1.89. The van der Waals surface area contributed by atoms with Gasteiger partial charge in [-0.05, 0) is 23.8 Å². The highest BCUT2D eigenvalue weighted by molar-refractivity contribution is 5.75. The molecule has 5 heteroatoms. The number of nitrogen functional groups attached to an aromatic ring is 1. The second-order valence-electron chi connectivity index (χ2n) is 3.40. The molecule has 80 valence electrons. The van der Waals surface area contributed by atoms with Crippen LogP contribution in [-0.4, -0.2) is 17.0 Å². The lowest BCUT2D eigenvalue weighted by Gasteiger charge is -2.04. The molecule has 2 aromatic rings. The van der Waals surface area contributed by atoms with Crippen molar-refractivity contribution >= 4 is 5.82 Å². The highest BCUT2D eigenvalue weighted by Gasteiger charge is 2.14. The van der Waals surface area contributed by atoms with E-state index in [1.807, 2.05) is 24.3 Å². The highest BCUT2D eigenvalue weighted by atomic mass is 16.7. The van der Waals surface area contributed by atoms with E-state index in [1.165, 1.54) is 0 Å². The van der Waals surface area contributed by atoms with Gasteiger partial charge in [0.25, 0.3) is 0 Å². The summed E-state index contributed by atoms with van der Waals surface area (Å²) in [7, 11) is 0. The van der Waals surface area contributed by atoms with Gasteiger partial charge in [-0.25, -0.2) is 0 Å². The van der Waals surface area contributed by atoms with Gasteiger partial charge in [-0.1, -0.05) is 6.07 Å². The van der Waals surface area contributed by atoms with E-state index in [2.05, 4.69) is 10.2 Å². The van der Waals surface area contributed by atoms with Crippen LogP contribution in [0.2, 0.25) is 0 Å². The van der Waals surface area contributed by atoms with Crippen LogP contribution in [0, 0.1) is 0 Å². The summed E-state index contributed by atoms with van der Waals surface area (Å²) in [6.07, 6.45) is 1.61. The van der Waals surface area contributed by atoms with Crippen molar-refractivity contribution in [1.82, 2.24) is 10.2 Å². The lowest BCUT2D eigenvalue weighted by atomic mass is 10.1. The lowest BCUT2D eigenvalue weighted by molar-refractivity contribution is 0.174. The standard InChI is InChI=1S/C11H9N3O2/c12-11-8(3-4-13-14-11)7-1-2-9-10(5-7)16-6-15-9/h1-5H,6H2,(H2,12,14). The predicted octanol–water partition coefficient (Wildman–Crippen LogP) is 1.45. The van der Waals surface area contributed by atoms with E-state index in [1.54, 1.807) is 6.20 Å². The van der Waals surface area contributed by atoms with E-state index in [4.69, 9.17) is 15.2 Å². The van der Waals surface area contributed by atoms with Crippen molar-refractivity contribution in [1.29, 1.82) is 0 Å². The van der Waals surface area contributed by atoms with Gasteiger partial charge in [-0.2, -0.15) is 5.10 Å². The molecule has 0 aliphatic carbocycles. The summed E-state index contributed by atoms with van der Waals surface area (Å²) in [4.78, 5) is 0. The van der Waals surface area contributed by atoms with Gasteiger partial charge in [-0.15, -0.1) is 5.10 Å². The Morgan fingerprint density at radius 2 is 2.00 bits per heavy atom. The molecule has 0 saturated heterocycles. The molecule has 0 saturated carbocycles. The van der Waals surface area contributed by atoms with Crippen molar-refractivity contribution in [3.05, 3.63) is 30.5 Å². The van der Waals surface area contributed by atoms with Gasteiger partial charge in [0.2, 0.25) is 6.79 Å². The fourth-order valence-corrected chi connectivity index (χ4v) is 1.65. The summed E-state index contributed by atoms with van der Waals surface area (Å²) in [5.41, 5.74) is 7.53. The van der Waals surface area contributed by atoms with Gasteiger partial charge >= 0.3 is 0 Å². The van der Waals surface area contributed by atoms with Crippen LogP contribution in [0.25, 0.3) is 11.1 Å². The molecule has 0 radical (unpaired) electrons.